The second-order valence-electron chi connectivity index (χ2n) is 6.25. The predicted molar refractivity (Wildman–Crippen MR) is 98.1 cm³/mol. The van der Waals surface area contributed by atoms with Gasteiger partial charge in [0.25, 0.3) is 5.91 Å². The van der Waals surface area contributed by atoms with Crippen molar-refractivity contribution in [1.82, 2.24) is 19.9 Å². The average Bonchev–Trinajstić information content (AvgIpc) is 3.39. The highest BCUT2D eigenvalue weighted by atomic mass is 16.5. The Labute approximate surface area is 151 Å². The fourth-order valence-corrected chi connectivity index (χ4v) is 3.11. The molecular formula is C20H20N4O2. The van der Waals surface area contributed by atoms with Gasteiger partial charge in [0.05, 0.1) is 6.10 Å². The molecule has 0 unspecified atom stereocenters. The van der Waals surface area contributed by atoms with Crippen molar-refractivity contribution in [2.75, 3.05) is 13.2 Å². The Morgan fingerprint density at radius 1 is 1.15 bits per heavy atom. The highest BCUT2D eigenvalue weighted by molar-refractivity contribution is 5.94. The average molecular weight is 348 g/mol. The summed E-state index contributed by atoms with van der Waals surface area (Å²) in [6.07, 6.45) is 9.39. The maximum Gasteiger partial charge on any atom is 0.251 e. The molecule has 0 radical (unpaired) electrons. The van der Waals surface area contributed by atoms with Gasteiger partial charge in [-0.25, -0.2) is 4.98 Å². The van der Waals surface area contributed by atoms with Crippen molar-refractivity contribution >= 4 is 5.91 Å². The molecule has 1 aliphatic rings. The van der Waals surface area contributed by atoms with Crippen molar-refractivity contribution in [3.63, 3.8) is 0 Å². The van der Waals surface area contributed by atoms with Gasteiger partial charge in [0.2, 0.25) is 0 Å². The van der Waals surface area contributed by atoms with E-state index in [9.17, 15) is 4.79 Å². The minimum Gasteiger partial charge on any atom is -0.376 e. The molecule has 0 aliphatic carbocycles. The number of carbonyl (C=O) groups excluding carboxylic acids is 1. The summed E-state index contributed by atoms with van der Waals surface area (Å²) in [6, 6.07) is 11.4. The smallest absolute Gasteiger partial charge is 0.251 e. The molecule has 0 bridgehead atoms. The third-order valence-corrected chi connectivity index (χ3v) is 4.50. The lowest BCUT2D eigenvalue weighted by Crippen LogP contribution is -2.31. The maximum atomic E-state index is 12.3. The highest BCUT2D eigenvalue weighted by Gasteiger charge is 2.16. The number of benzene rings is 1. The lowest BCUT2D eigenvalue weighted by molar-refractivity contribution is 0.0858. The summed E-state index contributed by atoms with van der Waals surface area (Å²) in [7, 11) is 0. The number of hydrogen-bond acceptors (Lipinski definition) is 4. The third-order valence-electron chi connectivity index (χ3n) is 4.50. The van der Waals surface area contributed by atoms with E-state index in [0.717, 1.165) is 36.5 Å². The summed E-state index contributed by atoms with van der Waals surface area (Å²) in [5.74, 6) is 0.759. The Kier molecular flexibility index (Phi) is 4.75. The standard InChI is InChI=1S/C20H20N4O2/c25-20(23-14-18-2-1-13-26-18)16-3-5-17(6-4-16)24-12-11-22-19(24)15-7-9-21-10-8-15/h3-12,18H,1-2,13-14H2,(H,23,25)/t18-/m0/s1. The van der Waals surface area contributed by atoms with Gasteiger partial charge in [-0.05, 0) is 49.2 Å². The van der Waals surface area contributed by atoms with Crippen molar-refractivity contribution in [2.45, 2.75) is 18.9 Å². The zero-order chi connectivity index (χ0) is 17.8. The normalized spacial score (nSPS) is 16.5. The van der Waals surface area contributed by atoms with Crippen LogP contribution in [0.1, 0.15) is 23.2 Å². The van der Waals surface area contributed by atoms with E-state index in [-0.39, 0.29) is 12.0 Å². The van der Waals surface area contributed by atoms with Crippen LogP contribution in [0.4, 0.5) is 0 Å². The lowest BCUT2D eigenvalue weighted by atomic mass is 10.1. The molecule has 6 nitrogen and oxygen atoms in total. The van der Waals surface area contributed by atoms with Crippen molar-refractivity contribution in [1.29, 1.82) is 0 Å². The molecule has 1 amide bonds. The first-order valence-corrected chi connectivity index (χ1v) is 8.75. The largest absolute Gasteiger partial charge is 0.376 e. The van der Waals surface area contributed by atoms with E-state index in [0.29, 0.717) is 12.1 Å². The van der Waals surface area contributed by atoms with Crippen molar-refractivity contribution < 1.29 is 9.53 Å². The van der Waals surface area contributed by atoms with Gasteiger partial charge in [-0.1, -0.05) is 0 Å². The van der Waals surface area contributed by atoms with Crippen LogP contribution in [0, 0.1) is 0 Å². The van der Waals surface area contributed by atoms with Crippen LogP contribution in [0.15, 0.2) is 61.2 Å². The molecule has 3 aromatic rings. The van der Waals surface area contributed by atoms with Gasteiger partial charge in [-0.3, -0.25) is 14.3 Å². The van der Waals surface area contributed by atoms with Crippen molar-refractivity contribution in [3.05, 3.63) is 66.7 Å². The first-order valence-electron chi connectivity index (χ1n) is 8.75. The Bertz CT molecular complexity index is 868. The summed E-state index contributed by atoms with van der Waals surface area (Å²) in [5.41, 5.74) is 2.57. The van der Waals surface area contributed by atoms with E-state index >= 15 is 0 Å². The molecule has 4 rings (SSSR count). The molecule has 0 saturated carbocycles. The van der Waals surface area contributed by atoms with Crippen LogP contribution >= 0.6 is 0 Å². The van der Waals surface area contributed by atoms with Gasteiger partial charge in [0, 0.05) is 54.8 Å². The molecular weight excluding hydrogens is 328 g/mol. The Morgan fingerprint density at radius 3 is 2.69 bits per heavy atom. The third kappa shape index (κ3) is 3.50. The minimum atomic E-state index is -0.0768. The zero-order valence-electron chi connectivity index (χ0n) is 14.3. The quantitative estimate of drug-likeness (QED) is 0.770. The summed E-state index contributed by atoms with van der Waals surface area (Å²) in [4.78, 5) is 20.8. The highest BCUT2D eigenvalue weighted by Crippen LogP contribution is 2.21. The van der Waals surface area contributed by atoms with Gasteiger partial charge in [-0.15, -0.1) is 0 Å². The number of aromatic nitrogens is 3. The van der Waals surface area contributed by atoms with Gasteiger partial charge >= 0.3 is 0 Å². The molecule has 132 valence electrons. The minimum absolute atomic E-state index is 0.0768. The summed E-state index contributed by atoms with van der Waals surface area (Å²) >= 11 is 0. The second-order valence-corrected chi connectivity index (χ2v) is 6.25. The number of rotatable bonds is 5. The summed E-state index contributed by atoms with van der Waals surface area (Å²) < 4.78 is 7.52. The summed E-state index contributed by atoms with van der Waals surface area (Å²) in [5, 5.41) is 2.94. The number of imidazole rings is 1. The molecule has 1 aromatic carbocycles. The van der Waals surface area contributed by atoms with Crippen LogP contribution in [0.3, 0.4) is 0 Å². The molecule has 3 heterocycles. The Hall–Kier alpha value is -2.99. The van der Waals surface area contributed by atoms with Crippen LogP contribution in [0.2, 0.25) is 0 Å². The Morgan fingerprint density at radius 2 is 1.96 bits per heavy atom. The maximum absolute atomic E-state index is 12.3. The SMILES string of the molecule is O=C(NC[C@@H]1CCCO1)c1ccc(-n2ccnc2-c2ccncc2)cc1. The molecule has 1 fully saturated rings. The van der Waals surface area contributed by atoms with E-state index in [1.165, 1.54) is 0 Å². The fourth-order valence-electron chi connectivity index (χ4n) is 3.11. The number of hydrogen-bond donors (Lipinski definition) is 1. The summed E-state index contributed by atoms with van der Waals surface area (Å²) in [6.45, 7) is 1.36. The van der Waals surface area contributed by atoms with Gasteiger partial charge in [0.15, 0.2) is 0 Å². The first-order chi connectivity index (χ1) is 12.8. The topological polar surface area (TPSA) is 69.0 Å². The number of nitrogens with one attached hydrogen (secondary N) is 1. The molecule has 1 saturated heterocycles. The second kappa shape index (κ2) is 7.49. The van der Waals surface area contributed by atoms with Gasteiger partial charge in [0.1, 0.15) is 5.82 Å². The van der Waals surface area contributed by atoms with Crippen LogP contribution in [0.5, 0.6) is 0 Å². The van der Waals surface area contributed by atoms with Crippen LogP contribution in [0.25, 0.3) is 17.1 Å². The van der Waals surface area contributed by atoms with E-state index in [1.54, 1.807) is 18.6 Å². The predicted octanol–water partition coefficient (Wildman–Crippen LogP) is 2.84. The molecule has 1 aliphatic heterocycles. The zero-order valence-corrected chi connectivity index (χ0v) is 14.3. The van der Waals surface area contributed by atoms with Crippen molar-refractivity contribution in [2.24, 2.45) is 0 Å². The molecule has 2 aromatic heterocycles. The number of ether oxygens (including phenoxy) is 1. The fraction of sp³-hybridized carbons (Fsp3) is 0.250. The molecule has 0 spiro atoms. The molecule has 6 heteroatoms. The number of amides is 1. The van der Waals surface area contributed by atoms with E-state index in [4.69, 9.17) is 4.74 Å². The van der Waals surface area contributed by atoms with E-state index in [2.05, 4.69) is 15.3 Å². The molecule has 1 atom stereocenters. The van der Waals surface area contributed by atoms with Crippen LogP contribution < -0.4 is 5.32 Å². The van der Waals surface area contributed by atoms with E-state index < -0.39 is 0 Å². The van der Waals surface area contributed by atoms with Crippen LogP contribution in [-0.2, 0) is 4.74 Å². The Balaban J connectivity index is 1.48. The first kappa shape index (κ1) is 16.5. The van der Waals surface area contributed by atoms with Crippen LogP contribution in [-0.4, -0.2) is 39.7 Å². The van der Waals surface area contributed by atoms with Crippen molar-refractivity contribution in [3.8, 4) is 17.1 Å². The number of nitrogens with zero attached hydrogens (tertiary/aromatic N) is 3. The number of carbonyl (C=O) groups is 1. The molecule has 1 N–H and O–H groups in total. The van der Waals surface area contributed by atoms with Gasteiger partial charge < -0.3 is 10.1 Å². The lowest BCUT2D eigenvalue weighted by Gasteiger charge is -2.12. The monoisotopic (exact) mass is 348 g/mol. The molecule has 26 heavy (non-hydrogen) atoms. The van der Waals surface area contributed by atoms with E-state index in [1.807, 2.05) is 47.2 Å². The van der Waals surface area contributed by atoms with Gasteiger partial charge in [-0.2, -0.15) is 0 Å². The number of pyridine rings is 1.